The molecule has 1 amide bonds. The third-order valence-corrected chi connectivity index (χ3v) is 9.12. The predicted molar refractivity (Wildman–Crippen MR) is 142 cm³/mol. The van der Waals surface area contributed by atoms with Gasteiger partial charge in [-0.2, -0.15) is 5.10 Å². The highest BCUT2D eigenvalue weighted by Crippen LogP contribution is 2.33. The van der Waals surface area contributed by atoms with Crippen molar-refractivity contribution in [3.8, 4) is 11.5 Å². The lowest BCUT2D eigenvalue weighted by molar-refractivity contribution is 0.0748. The Morgan fingerprint density at radius 1 is 1.11 bits per heavy atom. The van der Waals surface area contributed by atoms with E-state index in [0.29, 0.717) is 71.4 Å². The van der Waals surface area contributed by atoms with Gasteiger partial charge in [0, 0.05) is 36.9 Å². The molecule has 2 aliphatic heterocycles. The normalized spacial score (nSPS) is 19.6. The van der Waals surface area contributed by atoms with E-state index in [4.69, 9.17) is 21.0 Å². The number of anilines is 1. The van der Waals surface area contributed by atoms with Gasteiger partial charge in [0.05, 0.1) is 40.5 Å². The first-order chi connectivity index (χ1) is 17.8. The van der Waals surface area contributed by atoms with Crippen molar-refractivity contribution in [1.29, 1.82) is 0 Å². The molecule has 0 radical (unpaired) electrons. The number of piperazine rings is 1. The summed E-state index contributed by atoms with van der Waals surface area (Å²) in [5, 5.41) is 6.01. The zero-order chi connectivity index (χ0) is 25.7. The van der Waals surface area contributed by atoms with E-state index >= 15 is 0 Å². The molecule has 0 aliphatic carbocycles. The number of carbonyl (C=O) groups excluding carboxylic acids is 1. The molecular weight excluding hydrogens is 514 g/mol. The summed E-state index contributed by atoms with van der Waals surface area (Å²) in [5.74, 6) is 0.572. The van der Waals surface area contributed by atoms with E-state index in [-0.39, 0.29) is 23.5 Å². The van der Waals surface area contributed by atoms with Crippen LogP contribution < -0.4 is 4.90 Å². The standard InChI is InChI=1S/C26H26ClN5O4S/c1-17-24-21(26(33)31-10-8-30(9-11-31)19-5-2-4-18(27)14-19)15-22(23-6-3-12-36-23)28-25(24)32(29-17)20-7-13-37(34,35)16-20/h2-6,12,14-15,20H,7-11,13,16H2,1H3. The summed E-state index contributed by atoms with van der Waals surface area (Å²) in [6.45, 7) is 4.32. The lowest BCUT2D eigenvalue weighted by Gasteiger charge is -2.36. The molecule has 3 aromatic heterocycles. The van der Waals surface area contributed by atoms with Crippen LogP contribution in [-0.4, -0.2) is 71.7 Å². The number of benzene rings is 1. The van der Waals surface area contributed by atoms with Crippen LogP contribution in [-0.2, 0) is 9.84 Å². The second-order valence-electron chi connectivity index (χ2n) is 9.58. The van der Waals surface area contributed by atoms with Gasteiger partial charge in [-0.05, 0) is 49.7 Å². The van der Waals surface area contributed by atoms with E-state index in [1.807, 2.05) is 36.1 Å². The number of carbonyl (C=O) groups is 1. The highest BCUT2D eigenvalue weighted by molar-refractivity contribution is 7.91. The lowest BCUT2D eigenvalue weighted by atomic mass is 10.1. The molecular formula is C26H26ClN5O4S. The van der Waals surface area contributed by atoms with Gasteiger partial charge in [0.2, 0.25) is 0 Å². The van der Waals surface area contributed by atoms with Crippen LogP contribution in [0.15, 0.2) is 53.1 Å². The minimum atomic E-state index is -3.13. The maximum Gasteiger partial charge on any atom is 0.254 e. The molecule has 0 saturated carbocycles. The maximum absolute atomic E-state index is 13.9. The van der Waals surface area contributed by atoms with Crippen LogP contribution in [0.25, 0.3) is 22.5 Å². The average molecular weight is 540 g/mol. The quantitative estimate of drug-likeness (QED) is 0.386. The second-order valence-corrected chi connectivity index (χ2v) is 12.2. The van der Waals surface area contributed by atoms with Gasteiger partial charge in [-0.15, -0.1) is 0 Å². The molecule has 6 rings (SSSR count). The van der Waals surface area contributed by atoms with E-state index in [0.717, 1.165) is 5.69 Å². The summed E-state index contributed by atoms with van der Waals surface area (Å²) in [5.41, 5.74) is 3.21. The minimum absolute atomic E-state index is 0.0185. The number of fused-ring (bicyclic) bond motifs is 1. The van der Waals surface area contributed by atoms with Crippen LogP contribution in [0.2, 0.25) is 5.02 Å². The van der Waals surface area contributed by atoms with E-state index in [1.54, 1.807) is 29.1 Å². The fourth-order valence-electron chi connectivity index (χ4n) is 5.27. The van der Waals surface area contributed by atoms with Crippen molar-refractivity contribution < 1.29 is 17.6 Å². The van der Waals surface area contributed by atoms with Crippen molar-refractivity contribution in [3.05, 3.63) is 65.0 Å². The summed E-state index contributed by atoms with van der Waals surface area (Å²) >= 11 is 6.17. The van der Waals surface area contributed by atoms with Gasteiger partial charge in [0.25, 0.3) is 5.91 Å². The number of amides is 1. The van der Waals surface area contributed by atoms with Crippen LogP contribution in [0.4, 0.5) is 5.69 Å². The van der Waals surface area contributed by atoms with Crippen molar-refractivity contribution in [1.82, 2.24) is 19.7 Å². The molecule has 2 saturated heterocycles. The third kappa shape index (κ3) is 4.48. The van der Waals surface area contributed by atoms with Crippen molar-refractivity contribution in [2.75, 3.05) is 42.6 Å². The summed E-state index contributed by atoms with van der Waals surface area (Å²) in [7, 11) is -3.13. The van der Waals surface area contributed by atoms with Gasteiger partial charge < -0.3 is 14.2 Å². The van der Waals surface area contributed by atoms with Crippen LogP contribution in [0, 0.1) is 6.92 Å². The lowest BCUT2D eigenvalue weighted by Crippen LogP contribution is -2.48. The highest BCUT2D eigenvalue weighted by atomic mass is 35.5. The Kier molecular flexibility index (Phi) is 5.95. The second kappa shape index (κ2) is 9.18. The molecule has 5 heterocycles. The number of rotatable bonds is 4. The average Bonchev–Trinajstić information content (AvgIpc) is 3.62. The summed E-state index contributed by atoms with van der Waals surface area (Å²) < 4.78 is 31.7. The fourth-order valence-corrected chi connectivity index (χ4v) is 7.14. The first-order valence-corrected chi connectivity index (χ1v) is 14.4. The molecule has 1 aromatic carbocycles. The zero-order valence-corrected chi connectivity index (χ0v) is 21.9. The Balaban J connectivity index is 1.36. The van der Waals surface area contributed by atoms with E-state index in [9.17, 15) is 13.2 Å². The maximum atomic E-state index is 13.9. The molecule has 0 N–H and O–H groups in total. The Morgan fingerprint density at radius 3 is 2.59 bits per heavy atom. The van der Waals surface area contributed by atoms with Crippen molar-refractivity contribution in [2.24, 2.45) is 0 Å². The van der Waals surface area contributed by atoms with Crippen molar-refractivity contribution >= 4 is 44.1 Å². The SMILES string of the molecule is Cc1nn(C2CCS(=O)(=O)C2)c2nc(-c3ccco3)cc(C(=O)N3CCN(c4cccc(Cl)c4)CC3)c12. The molecule has 1 atom stereocenters. The van der Waals surface area contributed by atoms with Gasteiger partial charge in [0.1, 0.15) is 5.69 Å². The molecule has 2 fully saturated rings. The number of hydrogen-bond acceptors (Lipinski definition) is 7. The highest BCUT2D eigenvalue weighted by Gasteiger charge is 2.33. The van der Waals surface area contributed by atoms with Crippen molar-refractivity contribution in [3.63, 3.8) is 0 Å². The number of pyridine rings is 1. The first-order valence-electron chi connectivity index (χ1n) is 12.2. The minimum Gasteiger partial charge on any atom is -0.463 e. The van der Waals surface area contributed by atoms with Crippen LogP contribution in [0.5, 0.6) is 0 Å². The van der Waals surface area contributed by atoms with E-state index in [1.165, 1.54) is 0 Å². The molecule has 0 bridgehead atoms. The molecule has 9 nitrogen and oxygen atoms in total. The smallest absolute Gasteiger partial charge is 0.254 e. The molecule has 37 heavy (non-hydrogen) atoms. The largest absolute Gasteiger partial charge is 0.463 e. The number of sulfone groups is 1. The molecule has 1 unspecified atom stereocenters. The molecule has 0 spiro atoms. The van der Waals surface area contributed by atoms with Gasteiger partial charge in [-0.25, -0.2) is 18.1 Å². The number of nitrogens with zero attached hydrogens (tertiary/aromatic N) is 5. The van der Waals surface area contributed by atoms with Crippen LogP contribution >= 0.6 is 11.6 Å². The summed E-state index contributed by atoms with van der Waals surface area (Å²) in [6.07, 6.45) is 2.03. The fraction of sp³-hybridized carbons (Fsp3) is 0.346. The molecule has 192 valence electrons. The third-order valence-electron chi connectivity index (χ3n) is 7.14. The van der Waals surface area contributed by atoms with Crippen LogP contribution in [0.3, 0.4) is 0 Å². The monoisotopic (exact) mass is 539 g/mol. The van der Waals surface area contributed by atoms with E-state index in [2.05, 4.69) is 10.00 Å². The van der Waals surface area contributed by atoms with Gasteiger partial charge in [-0.1, -0.05) is 17.7 Å². The summed E-state index contributed by atoms with van der Waals surface area (Å²) in [4.78, 5) is 22.8. The first kappa shape index (κ1) is 24.0. The Hall–Kier alpha value is -3.37. The number of halogens is 1. The molecule has 11 heteroatoms. The molecule has 4 aromatic rings. The number of hydrogen-bond donors (Lipinski definition) is 0. The van der Waals surface area contributed by atoms with Gasteiger partial charge in [-0.3, -0.25) is 4.79 Å². The zero-order valence-electron chi connectivity index (χ0n) is 20.3. The Bertz CT molecular complexity index is 1590. The number of furan rings is 1. The number of aromatic nitrogens is 3. The predicted octanol–water partition coefficient (Wildman–Crippen LogP) is 3.98. The Labute approximate surface area is 219 Å². The van der Waals surface area contributed by atoms with Gasteiger partial charge in [0.15, 0.2) is 21.2 Å². The molecule has 2 aliphatic rings. The van der Waals surface area contributed by atoms with Crippen LogP contribution in [0.1, 0.15) is 28.5 Å². The summed E-state index contributed by atoms with van der Waals surface area (Å²) in [6, 6.07) is 12.7. The van der Waals surface area contributed by atoms with E-state index < -0.39 is 9.84 Å². The van der Waals surface area contributed by atoms with Gasteiger partial charge >= 0.3 is 0 Å². The number of aryl methyl sites for hydroxylation is 1. The topological polar surface area (TPSA) is 102 Å². The van der Waals surface area contributed by atoms with Crippen molar-refractivity contribution in [2.45, 2.75) is 19.4 Å². The Morgan fingerprint density at radius 2 is 1.92 bits per heavy atom.